The standard InChI is InChI=1S/C26H32N2.ClHO4/c1-7-28-22-16-11-9-14-20(22)26(4,5)24(28)18-12-17-23-25(2,3)19-13-8-10-15-21(19)27(23)6;2-1(3,4)5/h8-18,23H,7H2,1-6H3;(H,2,3,4,5)/p-1. The summed E-state index contributed by atoms with van der Waals surface area (Å²) in [4.78, 5) is 4.87. The van der Waals surface area contributed by atoms with Crippen LogP contribution >= 0.6 is 0 Å². The van der Waals surface area contributed by atoms with Crippen molar-refractivity contribution in [2.24, 2.45) is 0 Å². The first-order valence-electron chi connectivity index (χ1n) is 11.0. The van der Waals surface area contributed by atoms with E-state index in [-0.39, 0.29) is 10.8 Å². The minimum Gasteiger partial charge on any atom is -0.367 e. The van der Waals surface area contributed by atoms with Crippen molar-refractivity contribution in [1.82, 2.24) is 0 Å². The van der Waals surface area contributed by atoms with Crippen LogP contribution in [0.3, 0.4) is 0 Å². The zero-order valence-electron chi connectivity index (χ0n) is 20.0. The number of benzene rings is 2. The van der Waals surface area contributed by atoms with Crippen LogP contribution in [0.15, 0.2) is 72.5 Å². The summed E-state index contributed by atoms with van der Waals surface area (Å²) in [6.07, 6.45) is 6.98. The van der Waals surface area contributed by atoms with Crippen LogP contribution in [0.2, 0.25) is 0 Å². The van der Waals surface area contributed by atoms with Crippen molar-refractivity contribution in [3.63, 3.8) is 0 Å². The molecule has 2 aliphatic rings. The number of fused-ring (bicyclic) bond motifs is 2. The molecule has 33 heavy (non-hydrogen) atoms. The summed E-state index contributed by atoms with van der Waals surface area (Å²) in [5.41, 5.74) is 7.05. The number of likely N-dealkylation sites (N-methyl/N-ethyl adjacent to an activating group) is 2. The maximum atomic E-state index is 8.49. The van der Waals surface area contributed by atoms with Gasteiger partial charge >= 0.3 is 0 Å². The highest BCUT2D eigenvalue weighted by Crippen LogP contribution is 2.48. The van der Waals surface area contributed by atoms with Crippen LogP contribution in [-0.4, -0.2) is 19.6 Å². The first-order chi connectivity index (χ1) is 15.3. The smallest absolute Gasteiger partial charge is 0.0565 e. The van der Waals surface area contributed by atoms with Gasteiger partial charge in [0, 0.05) is 41.5 Å². The zero-order valence-corrected chi connectivity index (χ0v) is 20.8. The molecule has 0 spiro atoms. The predicted octanol–water partition coefficient (Wildman–Crippen LogP) is 1.28. The topological polar surface area (TPSA) is 98.7 Å². The number of halogens is 1. The van der Waals surface area contributed by atoms with Gasteiger partial charge in [0.05, 0.1) is 6.04 Å². The highest BCUT2D eigenvalue weighted by atomic mass is 35.7. The van der Waals surface area contributed by atoms with Crippen LogP contribution in [0, 0.1) is 10.2 Å². The third-order valence-corrected chi connectivity index (χ3v) is 6.80. The fourth-order valence-electron chi connectivity index (χ4n) is 5.22. The maximum absolute atomic E-state index is 8.49. The Kier molecular flexibility index (Phi) is 6.99. The van der Waals surface area contributed by atoms with Gasteiger partial charge in [0.2, 0.25) is 0 Å². The first kappa shape index (κ1) is 25.3. The zero-order chi connectivity index (χ0) is 24.6. The van der Waals surface area contributed by atoms with Crippen LogP contribution in [0.25, 0.3) is 0 Å². The lowest BCUT2D eigenvalue weighted by atomic mass is 9.80. The second-order valence-electron chi connectivity index (χ2n) is 9.50. The molecule has 7 heteroatoms. The van der Waals surface area contributed by atoms with Gasteiger partial charge in [-0.1, -0.05) is 76.2 Å². The Morgan fingerprint density at radius 1 is 0.879 bits per heavy atom. The molecule has 178 valence electrons. The molecule has 0 aromatic heterocycles. The minimum atomic E-state index is -4.94. The van der Waals surface area contributed by atoms with E-state index in [0.717, 1.165) is 6.54 Å². The molecule has 0 radical (unpaired) electrons. The Bertz CT molecular complexity index is 1050. The van der Waals surface area contributed by atoms with E-state index in [1.807, 2.05) is 0 Å². The molecule has 0 amide bonds. The Morgan fingerprint density at radius 2 is 1.39 bits per heavy atom. The SMILES string of the molecule is CCN1C(=CC=CC2N(C)c3ccccc3C2(C)C)C(C)(C)c2ccccc21.[O-][Cl+3]([O-])([O-])[O-]. The molecule has 0 aliphatic carbocycles. The van der Waals surface area contributed by atoms with Crippen molar-refractivity contribution in [1.29, 1.82) is 0 Å². The Labute approximate surface area is 198 Å². The van der Waals surface area contributed by atoms with Gasteiger partial charge in [0.15, 0.2) is 0 Å². The molecule has 2 aromatic rings. The van der Waals surface area contributed by atoms with Crippen molar-refractivity contribution < 1.29 is 28.9 Å². The van der Waals surface area contributed by atoms with Gasteiger partial charge in [-0.25, -0.2) is 18.6 Å². The van der Waals surface area contributed by atoms with Crippen LogP contribution in [0.1, 0.15) is 45.7 Å². The largest absolute Gasteiger partial charge is 0.367 e. The van der Waals surface area contributed by atoms with Gasteiger partial charge in [0.1, 0.15) is 0 Å². The van der Waals surface area contributed by atoms with Crippen molar-refractivity contribution in [2.45, 2.75) is 51.5 Å². The molecule has 1 unspecified atom stereocenters. The molecule has 4 rings (SSSR count). The Hall–Kier alpha value is -2.35. The molecule has 0 fully saturated rings. The Morgan fingerprint density at radius 3 is 1.94 bits per heavy atom. The summed E-state index contributed by atoms with van der Waals surface area (Å²) >= 11 is 0. The molecule has 0 N–H and O–H groups in total. The number of anilines is 2. The van der Waals surface area contributed by atoms with E-state index in [1.54, 1.807) is 0 Å². The van der Waals surface area contributed by atoms with E-state index in [0.29, 0.717) is 6.04 Å². The number of rotatable bonds is 3. The first-order valence-corrected chi connectivity index (χ1v) is 12.2. The van der Waals surface area contributed by atoms with Crippen molar-refractivity contribution in [2.75, 3.05) is 23.4 Å². The lowest BCUT2D eigenvalue weighted by Gasteiger charge is -2.30. The molecule has 0 bridgehead atoms. The summed E-state index contributed by atoms with van der Waals surface area (Å²) in [6, 6.07) is 18.0. The molecule has 2 heterocycles. The predicted molar refractivity (Wildman–Crippen MR) is 121 cm³/mol. The van der Waals surface area contributed by atoms with Crippen molar-refractivity contribution in [3.05, 3.63) is 83.6 Å². The van der Waals surface area contributed by atoms with Gasteiger partial charge in [-0.05, 0) is 36.3 Å². The molecule has 6 nitrogen and oxygen atoms in total. The number of hydrogen-bond acceptors (Lipinski definition) is 6. The van der Waals surface area contributed by atoms with Crippen LogP contribution < -0.4 is 28.4 Å². The average molecular weight is 472 g/mol. The number of para-hydroxylation sites is 2. The van der Waals surface area contributed by atoms with Crippen LogP contribution in [-0.2, 0) is 10.8 Å². The van der Waals surface area contributed by atoms with E-state index in [4.69, 9.17) is 18.6 Å². The molecule has 0 saturated carbocycles. The summed E-state index contributed by atoms with van der Waals surface area (Å²) in [5.74, 6) is 0. The van der Waals surface area contributed by atoms with Gasteiger partial charge in [-0.15, -0.1) is 10.2 Å². The highest BCUT2D eigenvalue weighted by Gasteiger charge is 2.41. The van der Waals surface area contributed by atoms with Gasteiger partial charge in [-0.2, -0.15) is 0 Å². The monoisotopic (exact) mass is 471 g/mol. The number of allylic oxidation sites excluding steroid dienone is 3. The van der Waals surface area contributed by atoms with Crippen molar-refractivity contribution in [3.8, 4) is 0 Å². The van der Waals surface area contributed by atoms with Gasteiger partial charge in [-0.3, -0.25) is 0 Å². The molecule has 0 saturated heterocycles. The molecule has 1 atom stereocenters. The normalized spacial score (nSPS) is 21.8. The lowest BCUT2D eigenvalue weighted by Crippen LogP contribution is -2.68. The summed E-state index contributed by atoms with van der Waals surface area (Å²) in [7, 11) is -2.73. The van der Waals surface area contributed by atoms with E-state index in [1.165, 1.54) is 28.2 Å². The summed E-state index contributed by atoms with van der Waals surface area (Å²) in [5, 5.41) is 0. The molecular weight excluding hydrogens is 440 g/mol. The highest BCUT2D eigenvalue weighted by molar-refractivity contribution is 5.71. The quantitative estimate of drug-likeness (QED) is 0.668. The Balaban J connectivity index is 0.000000555. The second-order valence-corrected chi connectivity index (χ2v) is 10.3. The number of hydrogen-bond donors (Lipinski definition) is 0. The van der Waals surface area contributed by atoms with E-state index < -0.39 is 10.2 Å². The fraction of sp³-hybridized carbons (Fsp3) is 0.385. The van der Waals surface area contributed by atoms with E-state index in [2.05, 4.69) is 118 Å². The van der Waals surface area contributed by atoms with Gasteiger partial charge < -0.3 is 9.80 Å². The summed E-state index contributed by atoms with van der Waals surface area (Å²) in [6.45, 7) is 12.6. The van der Waals surface area contributed by atoms with Crippen LogP contribution in [0.4, 0.5) is 11.4 Å². The molecule has 2 aromatic carbocycles. The van der Waals surface area contributed by atoms with E-state index in [9.17, 15) is 0 Å². The van der Waals surface area contributed by atoms with Crippen molar-refractivity contribution >= 4 is 11.4 Å². The minimum absolute atomic E-state index is 0.0248. The summed E-state index contributed by atoms with van der Waals surface area (Å²) < 4.78 is 34.0. The number of nitrogens with zero attached hydrogens (tertiary/aromatic N) is 2. The van der Waals surface area contributed by atoms with Gasteiger partial charge in [0.25, 0.3) is 0 Å². The average Bonchev–Trinajstić information content (AvgIpc) is 3.06. The fourth-order valence-corrected chi connectivity index (χ4v) is 5.22. The lowest BCUT2D eigenvalue weighted by molar-refractivity contribution is -2.00. The maximum Gasteiger partial charge on any atom is 0.0565 e. The molecular formula is C26H32ClN2O4-. The third-order valence-electron chi connectivity index (χ3n) is 6.80. The second kappa shape index (κ2) is 9.12. The third kappa shape index (κ3) is 4.95. The van der Waals surface area contributed by atoms with Crippen LogP contribution in [0.5, 0.6) is 0 Å². The molecule has 2 aliphatic heterocycles. The van der Waals surface area contributed by atoms with E-state index >= 15 is 0 Å².